The first kappa shape index (κ1) is 22.1. The lowest BCUT2D eigenvalue weighted by Gasteiger charge is -2.58. The van der Waals surface area contributed by atoms with Gasteiger partial charge in [0.1, 0.15) is 5.78 Å². The standard InChI is InChI=1S/C24H30Cl2O4/c1-12(27)21-16(22(29)30-4)9-18-15-10-20(26)19-8-14(28)7-13(11-25)24(19,3)17(15)5-6-23(18,21)2/h8,10,13,15-18,21H,5-7,9,11H2,1-4H3/t13?,15?,16-,17?,18?,21?,23+,24-/m1/s1. The minimum Gasteiger partial charge on any atom is -0.469 e. The molecule has 8 atom stereocenters. The van der Waals surface area contributed by atoms with E-state index in [-0.39, 0.29) is 58.0 Å². The fraction of sp³-hybridized carbons (Fsp3) is 0.708. The first-order valence-electron chi connectivity index (χ1n) is 10.9. The van der Waals surface area contributed by atoms with Gasteiger partial charge in [-0.05, 0) is 66.9 Å². The molecule has 4 aliphatic rings. The molecule has 0 amide bonds. The van der Waals surface area contributed by atoms with E-state index in [9.17, 15) is 14.4 Å². The maximum Gasteiger partial charge on any atom is 0.309 e. The molecule has 0 aliphatic heterocycles. The molecule has 0 aromatic heterocycles. The van der Waals surface area contributed by atoms with Crippen molar-refractivity contribution in [1.82, 2.24) is 0 Å². The summed E-state index contributed by atoms with van der Waals surface area (Å²) in [5.41, 5.74) is 0.377. The normalized spacial score (nSPS) is 44.9. The summed E-state index contributed by atoms with van der Waals surface area (Å²) in [5.74, 6) is 0.161. The SMILES string of the molecule is COC(=O)[C@@H]1CC2C3C=C(Cl)C4=CC(=O)CC(CCl)[C@]4(C)C3CC[C@]2(C)C1C(C)=O. The van der Waals surface area contributed by atoms with Gasteiger partial charge in [-0.3, -0.25) is 14.4 Å². The molecule has 30 heavy (non-hydrogen) atoms. The van der Waals surface area contributed by atoms with Crippen molar-refractivity contribution in [3.8, 4) is 0 Å². The Morgan fingerprint density at radius 3 is 2.57 bits per heavy atom. The number of Topliss-reactive ketones (excluding diaryl/α,β-unsaturated/α-hetero) is 1. The number of halogens is 2. The van der Waals surface area contributed by atoms with Crippen molar-refractivity contribution >= 4 is 40.7 Å². The van der Waals surface area contributed by atoms with Crippen LogP contribution in [-0.4, -0.2) is 30.5 Å². The molecule has 4 rings (SSSR count). The Morgan fingerprint density at radius 1 is 1.27 bits per heavy atom. The Hall–Kier alpha value is -1.13. The summed E-state index contributed by atoms with van der Waals surface area (Å²) in [6.45, 7) is 5.98. The third kappa shape index (κ3) is 2.89. The van der Waals surface area contributed by atoms with Crippen LogP contribution in [0.4, 0.5) is 0 Å². The first-order chi connectivity index (χ1) is 14.1. The second-order valence-electron chi connectivity index (χ2n) is 10.2. The van der Waals surface area contributed by atoms with Crippen molar-refractivity contribution in [2.45, 2.75) is 46.5 Å². The van der Waals surface area contributed by atoms with Crippen molar-refractivity contribution in [3.05, 3.63) is 22.8 Å². The highest BCUT2D eigenvalue weighted by molar-refractivity contribution is 6.32. The molecule has 164 valence electrons. The predicted octanol–water partition coefficient (Wildman–Crippen LogP) is 4.93. The van der Waals surface area contributed by atoms with Crippen LogP contribution in [0.15, 0.2) is 22.8 Å². The van der Waals surface area contributed by atoms with Gasteiger partial charge in [-0.15, -0.1) is 11.6 Å². The second-order valence-corrected chi connectivity index (χ2v) is 10.9. The topological polar surface area (TPSA) is 60.4 Å². The number of hydrogen-bond acceptors (Lipinski definition) is 4. The average molecular weight is 453 g/mol. The summed E-state index contributed by atoms with van der Waals surface area (Å²) in [6, 6.07) is 0. The number of rotatable bonds is 3. The summed E-state index contributed by atoms with van der Waals surface area (Å²) in [5, 5.41) is 0.632. The second kappa shape index (κ2) is 7.48. The smallest absolute Gasteiger partial charge is 0.309 e. The molecule has 2 fully saturated rings. The number of esters is 1. The molecule has 2 saturated carbocycles. The van der Waals surface area contributed by atoms with Gasteiger partial charge in [0.15, 0.2) is 5.78 Å². The van der Waals surface area contributed by atoms with Gasteiger partial charge in [0.25, 0.3) is 0 Å². The summed E-state index contributed by atoms with van der Waals surface area (Å²) >= 11 is 13.2. The highest BCUT2D eigenvalue weighted by Crippen LogP contribution is 2.68. The van der Waals surface area contributed by atoms with Crippen molar-refractivity contribution in [2.75, 3.05) is 13.0 Å². The molecule has 5 unspecified atom stereocenters. The van der Waals surface area contributed by atoms with Crippen LogP contribution in [0, 0.1) is 46.3 Å². The Morgan fingerprint density at radius 2 is 1.97 bits per heavy atom. The van der Waals surface area contributed by atoms with E-state index in [1.54, 1.807) is 13.0 Å². The van der Waals surface area contributed by atoms with Gasteiger partial charge in [-0.25, -0.2) is 0 Å². The summed E-state index contributed by atoms with van der Waals surface area (Å²) in [4.78, 5) is 37.6. The van der Waals surface area contributed by atoms with E-state index in [4.69, 9.17) is 27.9 Å². The molecule has 0 aromatic carbocycles. The highest BCUT2D eigenvalue weighted by atomic mass is 35.5. The minimum atomic E-state index is -0.407. The Labute approximate surface area is 188 Å². The zero-order chi connectivity index (χ0) is 22.0. The maximum atomic E-state index is 12.7. The number of carbonyl (C=O) groups is 3. The fourth-order valence-electron chi connectivity index (χ4n) is 7.66. The van der Waals surface area contributed by atoms with Crippen LogP contribution in [0.3, 0.4) is 0 Å². The maximum absolute atomic E-state index is 12.7. The third-order valence-electron chi connectivity index (χ3n) is 9.07. The molecular weight excluding hydrogens is 423 g/mol. The molecule has 0 radical (unpaired) electrons. The number of allylic oxidation sites excluding steroid dienone is 4. The van der Waals surface area contributed by atoms with E-state index in [2.05, 4.69) is 19.9 Å². The Balaban J connectivity index is 1.82. The van der Waals surface area contributed by atoms with E-state index >= 15 is 0 Å². The van der Waals surface area contributed by atoms with Crippen LogP contribution >= 0.6 is 23.2 Å². The van der Waals surface area contributed by atoms with Crippen LogP contribution in [0.1, 0.15) is 46.5 Å². The van der Waals surface area contributed by atoms with Gasteiger partial charge in [0, 0.05) is 28.7 Å². The number of ether oxygens (including phenoxy) is 1. The lowest BCUT2D eigenvalue weighted by molar-refractivity contribution is -0.150. The monoisotopic (exact) mass is 452 g/mol. The largest absolute Gasteiger partial charge is 0.469 e. The van der Waals surface area contributed by atoms with Gasteiger partial charge in [0.2, 0.25) is 0 Å². The van der Waals surface area contributed by atoms with Crippen LogP contribution in [0.5, 0.6) is 0 Å². The molecular formula is C24H30Cl2O4. The van der Waals surface area contributed by atoms with E-state index in [0.717, 1.165) is 18.4 Å². The van der Waals surface area contributed by atoms with Crippen molar-refractivity contribution in [3.63, 3.8) is 0 Å². The lowest BCUT2D eigenvalue weighted by atomic mass is 9.46. The Kier molecular flexibility index (Phi) is 5.50. The van der Waals surface area contributed by atoms with E-state index in [1.165, 1.54) is 7.11 Å². The van der Waals surface area contributed by atoms with Crippen molar-refractivity contribution < 1.29 is 19.1 Å². The lowest BCUT2D eigenvalue weighted by Crippen LogP contribution is -2.53. The van der Waals surface area contributed by atoms with Gasteiger partial charge in [-0.2, -0.15) is 0 Å². The Bertz CT molecular complexity index is 861. The van der Waals surface area contributed by atoms with Gasteiger partial charge in [-0.1, -0.05) is 31.5 Å². The molecule has 6 heteroatoms. The van der Waals surface area contributed by atoms with E-state index in [1.807, 2.05) is 0 Å². The zero-order valence-electron chi connectivity index (χ0n) is 18.0. The van der Waals surface area contributed by atoms with Crippen molar-refractivity contribution in [2.24, 2.45) is 46.3 Å². The van der Waals surface area contributed by atoms with Crippen LogP contribution in [0.2, 0.25) is 0 Å². The van der Waals surface area contributed by atoms with Crippen LogP contribution in [-0.2, 0) is 19.1 Å². The number of hydrogen-bond donors (Lipinski definition) is 0. The summed E-state index contributed by atoms with van der Waals surface area (Å²) in [7, 11) is 1.40. The predicted molar refractivity (Wildman–Crippen MR) is 116 cm³/mol. The number of ketones is 2. The minimum absolute atomic E-state index is 0.0346. The number of methoxy groups -OCH3 is 1. The number of carbonyl (C=O) groups excluding carboxylic acids is 3. The molecule has 0 spiro atoms. The molecule has 0 heterocycles. The quantitative estimate of drug-likeness (QED) is 0.449. The summed E-state index contributed by atoms with van der Waals surface area (Å²) in [6.07, 6.45) is 6.69. The van der Waals surface area contributed by atoms with Crippen molar-refractivity contribution in [1.29, 1.82) is 0 Å². The average Bonchev–Trinajstić information content (AvgIpc) is 3.02. The number of fused-ring (bicyclic) bond motifs is 5. The first-order valence-corrected chi connectivity index (χ1v) is 11.8. The van der Waals surface area contributed by atoms with Gasteiger partial charge in [0.05, 0.1) is 13.0 Å². The van der Waals surface area contributed by atoms with E-state index in [0.29, 0.717) is 23.8 Å². The number of alkyl halides is 1. The molecule has 0 aromatic rings. The molecule has 0 saturated heterocycles. The van der Waals surface area contributed by atoms with Gasteiger partial charge >= 0.3 is 5.97 Å². The fourth-order valence-corrected chi connectivity index (χ4v) is 8.50. The van der Waals surface area contributed by atoms with Gasteiger partial charge < -0.3 is 4.74 Å². The van der Waals surface area contributed by atoms with Crippen LogP contribution in [0.25, 0.3) is 0 Å². The third-order valence-corrected chi connectivity index (χ3v) is 9.77. The summed E-state index contributed by atoms with van der Waals surface area (Å²) < 4.78 is 5.08. The zero-order valence-corrected chi connectivity index (χ0v) is 19.6. The molecule has 4 aliphatic carbocycles. The molecule has 0 N–H and O–H groups in total. The molecule has 0 bridgehead atoms. The molecule has 4 nitrogen and oxygen atoms in total. The van der Waals surface area contributed by atoms with E-state index < -0.39 is 5.92 Å². The van der Waals surface area contributed by atoms with Crippen LogP contribution < -0.4 is 0 Å². The highest BCUT2D eigenvalue weighted by Gasteiger charge is 2.64.